The number of aromatic nitrogens is 2. The van der Waals surface area contributed by atoms with Crippen LogP contribution < -0.4 is 10.5 Å². The van der Waals surface area contributed by atoms with E-state index >= 15 is 0 Å². The lowest BCUT2D eigenvalue weighted by molar-refractivity contribution is 0.411. The van der Waals surface area contributed by atoms with Crippen molar-refractivity contribution in [1.29, 1.82) is 0 Å². The summed E-state index contributed by atoms with van der Waals surface area (Å²) < 4.78 is 7.47. The van der Waals surface area contributed by atoms with Gasteiger partial charge in [0.1, 0.15) is 11.6 Å². The molecule has 1 aromatic heterocycles. The van der Waals surface area contributed by atoms with E-state index < -0.39 is 0 Å². The van der Waals surface area contributed by atoms with E-state index in [1.165, 1.54) is 22.3 Å². The number of methoxy groups -OCH3 is 1. The number of benzene rings is 1. The molecule has 0 radical (unpaired) electrons. The highest BCUT2D eigenvalue weighted by atomic mass is 16.5. The summed E-state index contributed by atoms with van der Waals surface area (Å²) in [6.45, 7) is 6.75. The lowest BCUT2D eigenvalue weighted by atomic mass is 9.95. The average molecular weight is 259 g/mol. The number of hydrogen-bond acceptors (Lipinski definition) is 3. The molecule has 2 N–H and O–H groups in total. The fourth-order valence-corrected chi connectivity index (χ4v) is 2.52. The second kappa shape index (κ2) is 5.05. The highest BCUT2D eigenvalue weighted by Gasteiger charge is 2.16. The molecule has 0 aliphatic heterocycles. The molecule has 0 saturated heterocycles. The number of aryl methyl sites for hydroxylation is 1. The van der Waals surface area contributed by atoms with Crippen molar-refractivity contribution < 1.29 is 4.74 Å². The molecule has 102 valence electrons. The van der Waals surface area contributed by atoms with Crippen molar-refractivity contribution in [2.45, 2.75) is 27.3 Å². The summed E-state index contributed by atoms with van der Waals surface area (Å²) in [4.78, 5) is 4.37. The molecular weight excluding hydrogens is 238 g/mol. The van der Waals surface area contributed by atoms with Crippen molar-refractivity contribution in [3.63, 3.8) is 0 Å². The number of nitrogens with zero attached hydrogens (tertiary/aromatic N) is 2. The molecule has 19 heavy (non-hydrogen) atoms. The highest BCUT2D eigenvalue weighted by molar-refractivity contribution is 5.71. The third kappa shape index (κ3) is 2.12. The molecule has 4 heteroatoms. The lowest BCUT2D eigenvalue weighted by Crippen LogP contribution is -2.06. The summed E-state index contributed by atoms with van der Waals surface area (Å²) >= 11 is 0. The van der Waals surface area contributed by atoms with Crippen molar-refractivity contribution in [2.75, 3.05) is 7.11 Å². The minimum Gasteiger partial charge on any atom is -0.496 e. The van der Waals surface area contributed by atoms with Crippen LogP contribution in [0.4, 0.5) is 0 Å². The molecule has 0 aliphatic carbocycles. The van der Waals surface area contributed by atoms with E-state index in [0.29, 0.717) is 6.54 Å². The molecule has 0 amide bonds. The predicted octanol–water partition coefficient (Wildman–Crippen LogP) is 2.48. The van der Waals surface area contributed by atoms with Gasteiger partial charge < -0.3 is 15.0 Å². The van der Waals surface area contributed by atoms with Crippen LogP contribution in [0.15, 0.2) is 12.3 Å². The Kier molecular flexibility index (Phi) is 3.62. The smallest absolute Gasteiger partial charge is 0.122 e. The molecular formula is C15H21N3O. The van der Waals surface area contributed by atoms with Crippen LogP contribution in [-0.2, 0) is 13.6 Å². The van der Waals surface area contributed by atoms with Crippen molar-refractivity contribution >= 4 is 0 Å². The Morgan fingerprint density at radius 1 is 1.26 bits per heavy atom. The molecule has 0 saturated carbocycles. The quantitative estimate of drug-likeness (QED) is 0.921. The van der Waals surface area contributed by atoms with E-state index in [2.05, 4.69) is 36.4 Å². The van der Waals surface area contributed by atoms with Crippen molar-refractivity contribution in [3.8, 4) is 17.0 Å². The molecule has 0 atom stereocenters. The van der Waals surface area contributed by atoms with E-state index in [1.54, 1.807) is 7.11 Å². The second-order valence-electron chi connectivity index (χ2n) is 4.84. The van der Waals surface area contributed by atoms with Gasteiger partial charge in [0.2, 0.25) is 0 Å². The lowest BCUT2D eigenvalue weighted by Gasteiger charge is -2.16. The van der Waals surface area contributed by atoms with E-state index in [-0.39, 0.29) is 0 Å². The minimum atomic E-state index is 0.448. The van der Waals surface area contributed by atoms with Crippen LogP contribution in [0.5, 0.6) is 5.75 Å². The molecule has 1 aromatic carbocycles. The Morgan fingerprint density at radius 3 is 2.47 bits per heavy atom. The van der Waals surface area contributed by atoms with Crippen LogP contribution in [0.1, 0.15) is 22.5 Å². The van der Waals surface area contributed by atoms with Gasteiger partial charge in [-0.25, -0.2) is 4.98 Å². The van der Waals surface area contributed by atoms with Gasteiger partial charge in [-0.15, -0.1) is 0 Å². The number of ether oxygens (including phenoxy) is 1. The van der Waals surface area contributed by atoms with Crippen LogP contribution in [0, 0.1) is 20.8 Å². The zero-order valence-electron chi connectivity index (χ0n) is 12.2. The van der Waals surface area contributed by atoms with Crippen LogP contribution in [0.25, 0.3) is 11.3 Å². The zero-order valence-corrected chi connectivity index (χ0v) is 12.2. The number of rotatable bonds is 3. The highest BCUT2D eigenvalue weighted by Crippen LogP contribution is 2.34. The molecule has 2 rings (SSSR count). The van der Waals surface area contributed by atoms with Gasteiger partial charge in [0, 0.05) is 12.6 Å². The van der Waals surface area contributed by atoms with Gasteiger partial charge in [-0.05, 0) is 43.5 Å². The van der Waals surface area contributed by atoms with E-state index in [0.717, 1.165) is 17.3 Å². The molecule has 0 aliphatic rings. The third-order valence-corrected chi connectivity index (χ3v) is 3.79. The fourth-order valence-electron chi connectivity index (χ4n) is 2.52. The molecule has 0 bridgehead atoms. The van der Waals surface area contributed by atoms with E-state index in [1.807, 2.05) is 13.2 Å². The van der Waals surface area contributed by atoms with Crippen LogP contribution in [-0.4, -0.2) is 16.7 Å². The normalized spacial score (nSPS) is 10.8. The van der Waals surface area contributed by atoms with Gasteiger partial charge in [-0.1, -0.05) is 0 Å². The first-order valence-corrected chi connectivity index (χ1v) is 6.37. The Balaban J connectivity index is 2.69. The van der Waals surface area contributed by atoms with Crippen LogP contribution in [0.3, 0.4) is 0 Å². The Bertz CT molecular complexity index is 614. The zero-order chi connectivity index (χ0) is 14.2. The minimum absolute atomic E-state index is 0.448. The number of imidazole rings is 1. The first-order valence-electron chi connectivity index (χ1n) is 6.37. The van der Waals surface area contributed by atoms with Gasteiger partial charge in [0.25, 0.3) is 0 Å². The SMILES string of the molecule is COc1cc(C)c(-c2cnc(CN)n2C)c(C)c1C. The predicted molar refractivity (Wildman–Crippen MR) is 77.3 cm³/mol. The molecule has 1 heterocycles. The Morgan fingerprint density at radius 2 is 1.95 bits per heavy atom. The van der Waals surface area contributed by atoms with Gasteiger partial charge in [-0.3, -0.25) is 0 Å². The summed E-state index contributed by atoms with van der Waals surface area (Å²) in [5.41, 5.74) is 11.6. The topological polar surface area (TPSA) is 53.1 Å². The van der Waals surface area contributed by atoms with Crippen LogP contribution >= 0.6 is 0 Å². The Hall–Kier alpha value is -1.81. The largest absolute Gasteiger partial charge is 0.496 e. The second-order valence-corrected chi connectivity index (χ2v) is 4.84. The maximum absolute atomic E-state index is 5.69. The van der Waals surface area contributed by atoms with Crippen LogP contribution in [0.2, 0.25) is 0 Å². The fraction of sp³-hybridized carbons (Fsp3) is 0.400. The first-order chi connectivity index (χ1) is 9.01. The number of hydrogen-bond donors (Lipinski definition) is 1. The molecule has 2 aromatic rings. The molecule has 4 nitrogen and oxygen atoms in total. The maximum Gasteiger partial charge on any atom is 0.122 e. The van der Waals surface area contributed by atoms with Crippen molar-refractivity contribution in [1.82, 2.24) is 9.55 Å². The van der Waals surface area contributed by atoms with Crippen molar-refractivity contribution in [3.05, 3.63) is 34.8 Å². The van der Waals surface area contributed by atoms with E-state index in [9.17, 15) is 0 Å². The summed E-state index contributed by atoms with van der Waals surface area (Å²) in [6, 6.07) is 2.08. The average Bonchev–Trinajstić information content (AvgIpc) is 2.75. The summed E-state index contributed by atoms with van der Waals surface area (Å²) in [5, 5.41) is 0. The summed E-state index contributed by atoms with van der Waals surface area (Å²) in [6.07, 6.45) is 1.89. The first kappa shape index (κ1) is 13.6. The van der Waals surface area contributed by atoms with Gasteiger partial charge in [0.15, 0.2) is 0 Å². The van der Waals surface area contributed by atoms with Gasteiger partial charge in [0.05, 0.1) is 25.5 Å². The van der Waals surface area contributed by atoms with Gasteiger partial charge >= 0.3 is 0 Å². The summed E-state index contributed by atoms with van der Waals surface area (Å²) in [5.74, 6) is 1.82. The molecule has 0 unspecified atom stereocenters. The van der Waals surface area contributed by atoms with E-state index in [4.69, 9.17) is 10.5 Å². The van der Waals surface area contributed by atoms with Gasteiger partial charge in [-0.2, -0.15) is 0 Å². The molecule has 0 fully saturated rings. The number of nitrogens with two attached hydrogens (primary N) is 1. The van der Waals surface area contributed by atoms with Crippen molar-refractivity contribution in [2.24, 2.45) is 12.8 Å². The standard InChI is InChI=1S/C15H21N3O/c1-9-6-13(19-5)10(2)11(3)15(9)12-8-17-14(7-16)18(12)4/h6,8H,7,16H2,1-5H3. The summed E-state index contributed by atoms with van der Waals surface area (Å²) in [7, 11) is 3.71. The maximum atomic E-state index is 5.69. The molecule has 0 spiro atoms. The monoisotopic (exact) mass is 259 g/mol. The Labute approximate surface area is 114 Å². The third-order valence-electron chi connectivity index (χ3n) is 3.79.